The van der Waals surface area contributed by atoms with Gasteiger partial charge in [-0.15, -0.1) is 0 Å². The first-order valence-corrected chi connectivity index (χ1v) is 10.6. The molecule has 5 unspecified atom stereocenters. The number of hydrogen-bond donors (Lipinski definition) is 4. The molecule has 5 rings (SSSR count). The van der Waals surface area contributed by atoms with Crippen molar-refractivity contribution < 1.29 is 9.59 Å². The number of carbonyl (C=O) groups excluding carboxylic acids is 2. The molecule has 2 aromatic carbocycles. The second-order valence-corrected chi connectivity index (χ2v) is 8.42. The van der Waals surface area contributed by atoms with E-state index in [2.05, 4.69) is 54.1 Å². The lowest BCUT2D eigenvalue weighted by atomic mass is 9.73. The van der Waals surface area contributed by atoms with Crippen LogP contribution >= 0.6 is 0 Å². The third-order valence-corrected chi connectivity index (χ3v) is 6.72. The monoisotopic (exact) mass is 402 g/mol. The Kier molecular flexibility index (Phi) is 4.49. The van der Waals surface area contributed by atoms with Gasteiger partial charge < -0.3 is 10.6 Å². The van der Waals surface area contributed by atoms with E-state index in [1.165, 1.54) is 5.56 Å². The zero-order chi connectivity index (χ0) is 21.0. The third kappa shape index (κ3) is 2.79. The van der Waals surface area contributed by atoms with E-state index in [1.807, 2.05) is 24.3 Å². The minimum atomic E-state index is -0.630. The summed E-state index contributed by atoms with van der Waals surface area (Å²) in [6.07, 6.45) is 0.0740. The minimum Gasteiger partial charge on any atom is -0.368 e. The van der Waals surface area contributed by atoms with Crippen molar-refractivity contribution in [3.8, 4) is 0 Å². The van der Waals surface area contributed by atoms with Gasteiger partial charge in [-0.2, -0.15) is 0 Å². The Morgan fingerprint density at radius 2 is 1.70 bits per heavy atom. The molecule has 0 bridgehead atoms. The van der Waals surface area contributed by atoms with Crippen LogP contribution in [0.15, 0.2) is 54.1 Å². The highest BCUT2D eigenvalue weighted by Gasteiger charge is 2.50. The number of carbonyl (C=O) groups is 2. The zero-order valence-corrected chi connectivity index (χ0v) is 17.1. The van der Waals surface area contributed by atoms with Crippen LogP contribution in [0.1, 0.15) is 59.2 Å². The van der Waals surface area contributed by atoms with Crippen molar-refractivity contribution in [2.24, 2.45) is 11.7 Å². The molecule has 1 amide bonds. The molecule has 1 aliphatic carbocycles. The summed E-state index contributed by atoms with van der Waals surface area (Å²) in [6.45, 7) is 4.37. The number of benzene rings is 2. The highest BCUT2D eigenvalue weighted by atomic mass is 16.2. The summed E-state index contributed by atoms with van der Waals surface area (Å²) in [4.78, 5) is 26.4. The number of Topliss-reactive ketones (excluding diaryl/α,β-unsaturated/α-hetero) is 1. The summed E-state index contributed by atoms with van der Waals surface area (Å²) >= 11 is 0. The van der Waals surface area contributed by atoms with Gasteiger partial charge in [-0.05, 0) is 23.5 Å². The Morgan fingerprint density at radius 3 is 2.40 bits per heavy atom. The molecule has 30 heavy (non-hydrogen) atoms. The quantitative estimate of drug-likeness (QED) is 0.632. The van der Waals surface area contributed by atoms with Gasteiger partial charge in [-0.3, -0.25) is 20.6 Å². The van der Waals surface area contributed by atoms with Gasteiger partial charge in [0, 0.05) is 22.6 Å². The van der Waals surface area contributed by atoms with Gasteiger partial charge in [0.25, 0.3) is 0 Å². The van der Waals surface area contributed by atoms with Gasteiger partial charge in [0.05, 0.1) is 17.8 Å². The van der Waals surface area contributed by atoms with E-state index in [4.69, 9.17) is 5.73 Å². The highest BCUT2D eigenvalue weighted by Crippen LogP contribution is 2.47. The Hall–Kier alpha value is -2.96. The van der Waals surface area contributed by atoms with Gasteiger partial charge in [-0.25, -0.2) is 0 Å². The number of amides is 1. The van der Waals surface area contributed by atoms with Crippen LogP contribution in [0.4, 0.5) is 0 Å². The largest absolute Gasteiger partial charge is 0.368 e. The smallest absolute Gasteiger partial charge is 0.229 e. The molecule has 3 aliphatic rings. The van der Waals surface area contributed by atoms with Gasteiger partial charge in [0.15, 0.2) is 5.78 Å². The second kappa shape index (κ2) is 7.07. The van der Waals surface area contributed by atoms with Crippen LogP contribution in [-0.2, 0) is 4.79 Å². The van der Waals surface area contributed by atoms with Crippen molar-refractivity contribution in [2.45, 2.75) is 44.6 Å². The van der Waals surface area contributed by atoms with Crippen molar-refractivity contribution >= 4 is 17.4 Å². The van der Waals surface area contributed by atoms with Crippen molar-refractivity contribution in [1.82, 2.24) is 16.0 Å². The number of nitrogens with one attached hydrogen (secondary N) is 3. The van der Waals surface area contributed by atoms with Gasteiger partial charge in [-0.1, -0.05) is 62.4 Å². The lowest BCUT2D eigenvalue weighted by Gasteiger charge is -2.44. The Morgan fingerprint density at radius 1 is 1.00 bits per heavy atom. The summed E-state index contributed by atoms with van der Waals surface area (Å²) in [7, 11) is 0. The van der Waals surface area contributed by atoms with Crippen molar-refractivity contribution in [1.29, 1.82) is 0 Å². The topological polar surface area (TPSA) is 96.2 Å². The van der Waals surface area contributed by atoms with E-state index in [1.54, 1.807) is 0 Å². The number of allylic oxidation sites excluding steroid dienone is 1. The van der Waals surface area contributed by atoms with E-state index >= 15 is 0 Å². The summed E-state index contributed by atoms with van der Waals surface area (Å²) in [5, 5.41) is 9.43. The maximum absolute atomic E-state index is 13.4. The molecular formula is C24H26N4O2. The molecule has 0 radical (unpaired) electrons. The van der Waals surface area contributed by atoms with E-state index in [-0.39, 0.29) is 23.8 Å². The van der Waals surface area contributed by atoms with Crippen molar-refractivity contribution in [2.75, 3.05) is 0 Å². The lowest BCUT2D eigenvalue weighted by Crippen LogP contribution is -2.70. The Bertz CT molecular complexity index is 1060. The molecule has 1 fully saturated rings. The number of rotatable bonds is 3. The molecule has 0 aromatic heterocycles. The fraction of sp³-hybridized carbons (Fsp3) is 0.333. The van der Waals surface area contributed by atoms with Crippen LogP contribution in [0.5, 0.6) is 0 Å². The maximum atomic E-state index is 13.4. The number of fused-ring (bicyclic) bond motifs is 3. The molecule has 5 N–H and O–H groups in total. The Balaban J connectivity index is 1.65. The highest BCUT2D eigenvalue weighted by molar-refractivity contribution is 6.22. The van der Waals surface area contributed by atoms with Crippen LogP contribution in [-0.4, -0.2) is 24.1 Å². The molecule has 6 nitrogen and oxygen atoms in total. The van der Waals surface area contributed by atoms with E-state index in [0.29, 0.717) is 17.1 Å². The van der Waals surface area contributed by atoms with Gasteiger partial charge in [0.1, 0.15) is 6.29 Å². The van der Waals surface area contributed by atoms with Crippen LogP contribution in [0, 0.1) is 5.92 Å². The summed E-state index contributed by atoms with van der Waals surface area (Å²) in [5.41, 5.74) is 11.3. The number of hydrogen-bond acceptors (Lipinski definition) is 5. The first kappa shape index (κ1) is 19.0. The molecule has 0 saturated carbocycles. The predicted octanol–water partition coefficient (Wildman–Crippen LogP) is 2.40. The lowest BCUT2D eigenvalue weighted by molar-refractivity contribution is -0.130. The summed E-state index contributed by atoms with van der Waals surface area (Å²) < 4.78 is 0. The average Bonchev–Trinajstić information content (AvgIpc) is 3.04. The molecule has 5 atom stereocenters. The first-order chi connectivity index (χ1) is 14.5. The molecule has 6 heteroatoms. The van der Waals surface area contributed by atoms with E-state index < -0.39 is 12.2 Å². The van der Waals surface area contributed by atoms with E-state index in [9.17, 15) is 9.59 Å². The van der Waals surface area contributed by atoms with Gasteiger partial charge >= 0.3 is 0 Å². The summed E-state index contributed by atoms with van der Waals surface area (Å²) in [5.74, 6) is -0.520. The SMILES string of the molecule is CCC(C)c1ccc(C2C3=C(NC4NC(N)NC(=O)C42)c2ccccc2C3=O)cc1. The average molecular weight is 402 g/mol. The van der Waals surface area contributed by atoms with Crippen LogP contribution < -0.4 is 21.7 Å². The fourth-order valence-corrected chi connectivity index (χ4v) is 4.95. The van der Waals surface area contributed by atoms with Crippen molar-refractivity contribution in [3.63, 3.8) is 0 Å². The molecule has 154 valence electrons. The van der Waals surface area contributed by atoms with Crippen molar-refractivity contribution in [3.05, 3.63) is 76.4 Å². The molecular weight excluding hydrogens is 376 g/mol. The van der Waals surface area contributed by atoms with Crippen LogP contribution in [0.3, 0.4) is 0 Å². The number of nitrogens with two attached hydrogens (primary N) is 1. The maximum Gasteiger partial charge on any atom is 0.229 e. The molecule has 2 aromatic rings. The standard InChI is InChI=1S/C24H26N4O2/c1-3-12(2)13-8-10-14(11-9-13)17-18-20(15-6-4-5-7-16(15)21(18)29)26-22-19(17)23(30)28-24(25)27-22/h4-12,17,19,22,24,26-27H,3,25H2,1-2H3,(H,28,30). The Labute approximate surface area is 175 Å². The summed E-state index contributed by atoms with van der Waals surface area (Å²) in [6, 6.07) is 16.0. The molecule has 2 heterocycles. The van der Waals surface area contributed by atoms with Crippen LogP contribution in [0.2, 0.25) is 0 Å². The molecule has 1 saturated heterocycles. The normalized spacial score (nSPS) is 28.2. The number of ketones is 1. The predicted molar refractivity (Wildman–Crippen MR) is 115 cm³/mol. The van der Waals surface area contributed by atoms with E-state index in [0.717, 1.165) is 23.2 Å². The minimum absolute atomic E-state index is 0.00905. The van der Waals surface area contributed by atoms with Crippen LogP contribution in [0.25, 0.3) is 5.70 Å². The fourth-order valence-electron chi connectivity index (χ4n) is 4.95. The molecule has 2 aliphatic heterocycles. The zero-order valence-electron chi connectivity index (χ0n) is 17.1. The first-order valence-electron chi connectivity index (χ1n) is 10.6. The molecule has 0 spiro atoms. The van der Waals surface area contributed by atoms with Gasteiger partial charge in [0.2, 0.25) is 5.91 Å². The second-order valence-electron chi connectivity index (χ2n) is 8.42. The third-order valence-electron chi connectivity index (χ3n) is 6.72.